The Balaban J connectivity index is 1.83. The van der Waals surface area contributed by atoms with Gasteiger partial charge in [0.1, 0.15) is 0 Å². The second-order valence-electron chi connectivity index (χ2n) is 5.37. The number of hydrogen-bond donors (Lipinski definition) is 1. The molecule has 0 aromatic carbocycles. The normalized spacial score (nSPS) is 41.5. The molecule has 76 valence electrons. The summed E-state index contributed by atoms with van der Waals surface area (Å²) in [6.07, 6.45) is 2.77. The summed E-state index contributed by atoms with van der Waals surface area (Å²) in [4.78, 5) is 2.65. The summed E-state index contributed by atoms with van der Waals surface area (Å²) in [7, 11) is 0. The van der Waals surface area contributed by atoms with Crippen LogP contribution in [0.15, 0.2) is 0 Å². The van der Waals surface area contributed by atoms with Gasteiger partial charge in [-0.05, 0) is 37.3 Å². The molecule has 2 saturated heterocycles. The summed E-state index contributed by atoms with van der Waals surface area (Å²) in [6, 6.07) is 0. The van der Waals surface area contributed by atoms with Gasteiger partial charge in [0.15, 0.2) is 0 Å². The van der Waals surface area contributed by atoms with E-state index in [4.69, 9.17) is 0 Å². The lowest BCUT2D eigenvalue weighted by molar-refractivity contribution is 0.205. The van der Waals surface area contributed by atoms with Gasteiger partial charge in [-0.3, -0.25) is 0 Å². The van der Waals surface area contributed by atoms with Crippen molar-refractivity contribution in [2.75, 3.05) is 32.7 Å². The van der Waals surface area contributed by atoms with Crippen molar-refractivity contribution in [3.05, 3.63) is 0 Å². The van der Waals surface area contributed by atoms with Crippen molar-refractivity contribution in [1.82, 2.24) is 10.2 Å². The third-order valence-electron chi connectivity index (χ3n) is 3.57. The first-order valence-corrected chi connectivity index (χ1v) is 5.61. The third kappa shape index (κ3) is 2.23. The van der Waals surface area contributed by atoms with Gasteiger partial charge in [-0.25, -0.2) is 0 Å². The molecule has 0 saturated carbocycles. The highest BCUT2D eigenvalue weighted by atomic mass is 15.2. The summed E-state index contributed by atoms with van der Waals surface area (Å²) in [5, 5.41) is 3.47. The second-order valence-corrected chi connectivity index (χ2v) is 5.37. The Labute approximate surface area is 81.7 Å². The predicted molar refractivity (Wildman–Crippen MR) is 55.8 cm³/mol. The Morgan fingerprint density at radius 3 is 2.92 bits per heavy atom. The molecule has 2 aliphatic heterocycles. The maximum atomic E-state index is 3.47. The van der Waals surface area contributed by atoms with Crippen molar-refractivity contribution in [3.8, 4) is 0 Å². The van der Waals surface area contributed by atoms with Gasteiger partial charge in [-0.2, -0.15) is 0 Å². The smallest absolute Gasteiger partial charge is 0.00481 e. The van der Waals surface area contributed by atoms with Crippen molar-refractivity contribution in [2.24, 2.45) is 11.3 Å². The second kappa shape index (κ2) is 3.58. The Morgan fingerprint density at radius 1 is 1.54 bits per heavy atom. The summed E-state index contributed by atoms with van der Waals surface area (Å²) in [5.41, 5.74) is 0.560. The molecule has 2 nitrogen and oxygen atoms in total. The average molecular weight is 182 g/mol. The largest absolute Gasteiger partial charge is 0.316 e. The monoisotopic (exact) mass is 182 g/mol. The van der Waals surface area contributed by atoms with Gasteiger partial charge in [0.05, 0.1) is 0 Å². The first-order valence-electron chi connectivity index (χ1n) is 5.61. The van der Waals surface area contributed by atoms with Crippen LogP contribution in [0.4, 0.5) is 0 Å². The quantitative estimate of drug-likeness (QED) is 0.693. The predicted octanol–water partition coefficient (Wildman–Crippen LogP) is 1.33. The van der Waals surface area contributed by atoms with Gasteiger partial charge in [-0.1, -0.05) is 13.8 Å². The SMILES string of the molecule is CC1CCN(CC2(C)CCNC2)C1. The van der Waals surface area contributed by atoms with Crippen LogP contribution in [0.1, 0.15) is 26.7 Å². The van der Waals surface area contributed by atoms with Crippen molar-refractivity contribution < 1.29 is 0 Å². The van der Waals surface area contributed by atoms with Crippen LogP contribution in [0, 0.1) is 11.3 Å². The molecule has 0 aromatic rings. The van der Waals surface area contributed by atoms with Crippen LogP contribution >= 0.6 is 0 Å². The maximum Gasteiger partial charge on any atom is 0.00481 e. The molecule has 2 fully saturated rings. The molecule has 2 rings (SSSR count). The first kappa shape index (κ1) is 9.47. The lowest BCUT2D eigenvalue weighted by Crippen LogP contribution is -2.36. The van der Waals surface area contributed by atoms with Crippen molar-refractivity contribution in [1.29, 1.82) is 0 Å². The minimum Gasteiger partial charge on any atom is -0.316 e. The molecule has 0 aromatic heterocycles. The molecular formula is C11H22N2. The van der Waals surface area contributed by atoms with E-state index >= 15 is 0 Å². The maximum absolute atomic E-state index is 3.47. The van der Waals surface area contributed by atoms with E-state index in [-0.39, 0.29) is 0 Å². The molecule has 0 amide bonds. The fourth-order valence-electron chi connectivity index (χ4n) is 2.71. The van der Waals surface area contributed by atoms with Gasteiger partial charge in [-0.15, -0.1) is 0 Å². The standard InChI is InChI=1S/C11H22N2/c1-10-3-6-13(7-10)9-11(2)4-5-12-8-11/h10,12H,3-9H2,1-2H3. The zero-order valence-electron chi connectivity index (χ0n) is 8.97. The van der Waals surface area contributed by atoms with Gasteiger partial charge >= 0.3 is 0 Å². The zero-order chi connectivity index (χ0) is 9.31. The fraction of sp³-hybridized carbons (Fsp3) is 1.00. The molecule has 2 unspecified atom stereocenters. The topological polar surface area (TPSA) is 15.3 Å². The fourth-order valence-corrected chi connectivity index (χ4v) is 2.71. The Morgan fingerprint density at radius 2 is 2.38 bits per heavy atom. The van der Waals surface area contributed by atoms with E-state index in [1.165, 1.54) is 45.6 Å². The summed E-state index contributed by atoms with van der Waals surface area (Å²) in [6.45, 7) is 11.2. The van der Waals surface area contributed by atoms with E-state index in [9.17, 15) is 0 Å². The zero-order valence-corrected chi connectivity index (χ0v) is 8.97. The summed E-state index contributed by atoms with van der Waals surface area (Å²) in [5.74, 6) is 0.929. The van der Waals surface area contributed by atoms with Crippen LogP contribution in [0.5, 0.6) is 0 Å². The molecule has 13 heavy (non-hydrogen) atoms. The van der Waals surface area contributed by atoms with Crippen LogP contribution in [0.2, 0.25) is 0 Å². The lowest BCUT2D eigenvalue weighted by atomic mass is 9.89. The Bertz CT molecular complexity index is 173. The number of nitrogens with zero attached hydrogens (tertiary/aromatic N) is 1. The third-order valence-corrected chi connectivity index (χ3v) is 3.57. The number of nitrogens with one attached hydrogen (secondary N) is 1. The van der Waals surface area contributed by atoms with Crippen molar-refractivity contribution in [3.63, 3.8) is 0 Å². The van der Waals surface area contributed by atoms with Crippen LogP contribution in [-0.4, -0.2) is 37.6 Å². The molecular weight excluding hydrogens is 160 g/mol. The van der Waals surface area contributed by atoms with Gasteiger partial charge < -0.3 is 10.2 Å². The molecule has 2 heteroatoms. The average Bonchev–Trinajstić information content (AvgIpc) is 2.62. The number of hydrogen-bond acceptors (Lipinski definition) is 2. The molecule has 2 aliphatic rings. The summed E-state index contributed by atoms with van der Waals surface area (Å²) >= 11 is 0. The van der Waals surface area contributed by atoms with Crippen LogP contribution in [0.25, 0.3) is 0 Å². The Hall–Kier alpha value is -0.0800. The van der Waals surface area contributed by atoms with Crippen LogP contribution in [-0.2, 0) is 0 Å². The highest BCUT2D eigenvalue weighted by Crippen LogP contribution is 2.28. The van der Waals surface area contributed by atoms with E-state index in [2.05, 4.69) is 24.1 Å². The van der Waals surface area contributed by atoms with Crippen LogP contribution < -0.4 is 5.32 Å². The highest BCUT2D eigenvalue weighted by molar-refractivity contribution is 4.88. The molecule has 2 atom stereocenters. The van der Waals surface area contributed by atoms with E-state index in [0.717, 1.165) is 5.92 Å². The van der Waals surface area contributed by atoms with E-state index < -0.39 is 0 Å². The van der Waals surface area contributed by atoms with E-state index in [1.54, 1.807) is 0 Å². The van der Waals surface area contributed by atoms with E-state index in [0.29, 0.717) is 5.41 Å². The molecule has 0 radical (unpaired) electrons. The highest BCUT2D eigenvalue weighted by Gasteiger charge is 2.32. The van der Waals surface area contributed by atoms with Gasteiger partial charge in [0.2, 0.25) is 0 Å². The van der Waals surface area contributed by atoms with Crippen molar-refractivity contribution in [2.45, 2.75) is 26.7 Å². The molecule has 0 spiro atoms. The molecule has 0 aliphatic carbocycles. The molecule has 1 N–H and O–H groups in total. The van der Waals surface area contributed by atoms with E-state index in [1.807, 2.05) is 0 Å². The minimum absolute atomic E-state index is 0.560. The van der Waals surface area contributed by atoms with Gasteiger partial charge in [0, 0.05) is 19.6 Å². The number of rotatable bonds is 2. The first-order chi connectivity index (χ1) is 6.18. The number of likely N-dealkylation sites (tertiary alicyclic amines) is 1. The minimum atomic E-state index is 0.560. The van der Waals surface area contributed by atoms with Gasteiger partial charge in [0.25, 0.3) is 0 Å². The Kier molecular flexibility index (Phi) is 2.61. The molecule has 0 bridgehead atoms. The lowest BCUT2D eigenvalue weighted by Gasteiger charge is -2.28. The molecule has 2 heterocycles. The summed E-state index contributed by atoms with van der Waals surface area (Å²) < 4.78 is 0. The van der Waals surface area contributed by atoms with Crippen molar-refractivity contribution >= 4 is 0 Å². The van der Waals surface area contributed by atoms with Crippen LogP contribution in [0.3, 0.4) is 0 Å².